The molecule has 2 heterocycles. The van der Waals surface area contributed by atoms with Gasteiger partial charge in [-0.2, -0.15) is 31.4 Å². The average Bonchev–Trinajstić information content (AvgIpc) is 3.40. The molecule has 0 spiro atoms. The van der Waals surface area contributed by atoms with Gasteiger partial charge in [0.05, 0.1) is 22.3 Å². The molecule has 0 atom stereocenters. The molecule has 0 bridgehead atoms. The van der Waals surface area contributed by atoms with E-state index < -0.39 is 50.8 Å². The van der Waals surface area contributed by atoms with E-state index in [1.165, 1.54) is 24.3 Å². The maximum Gasteiger partial charge on any atom is 0.433 e. The van der Waals surface area contributed by atoms with Gasteiger partial charge in [0, 0.05) is 17.8 Å². The molecule has 0 saturated heterocycles. The monoisotopic (exact) mass is 619 g/mol. The minimum absolute atomic E-state index is 0.0105. The highest BCUT2D eigenvalue weighted by molar-refractivity contribution is 7.89. The van der Waals surface area contributed by atoms with Crippen molar-refractivity contribution in [2.75, 3.05) is 5.32 Å². The molecule has 5 rings (SSSR count). The molecule has 1 amide bonds. The molecule has 0 unspecified atom stereocenters. The van der Waals surface area contributed by atoms with E-state index in [9.17, 15) is 39.6 Å². The number of aromatic nitrogens is 3. The van der Waals surface area contributed by atoms with Crippen molar-refractivity contribution in [2.24, 2.45) is 0 Å². The van der Waals surface area contributed by atoms with Crippen LogP contribution in [0, 0.1) is 0 Å². The third kappa shape index (κ3) is 6.52. The zero-order chi connectivity index (χ0) is 31.0. The molecule has 0 fully saturated rings. The Morgan fingerprint density at radius 1 is 0.837 bits per heavy atom. The van der Waals surface area contributed by atoms with Crippen LogP contribution in [0.15, 0.2) is 96.0 Å². The quantitative estimate of drug-likeness (QED) is 0.212. The third-order valence-electron chi connectivity index (χ3n) is 6.23. The molecule has 3 aromatic carbocycles. The summed E-state index contributed by atoms with van der Waals surface area (Å²) >= 11 is 0. The summed E-state index contributed by atoms with van der Waals surface area (Å²) in [5.41, 5.74) is -2.91. The van der Waals surface area contributed by atoms with Crippen LogP contribution in [0.25, 0.3) is 16.9 Å². The summed E-state index contributed by atoms with van der Waals surface area (Å²) in [5.74, 6) is -0.952. The Labute approximate surface area is 240 Å². The average molecular weight is 620 g/mol. The van der Waals surface area contributed by atoms with Crippen LogP contribution in [-0.2, 0) is 28.9 Å². The predicted molar refractivity (Wildman–Crippen MR) is 143 cm³/mol. The van der Waals surface area contributed by atoms with Gasteiger partial charge in [0.2, 0.25) is 10.0 Å². The number of carbonyl (C=O) groups is 1. The number of halogens is 6. The number of amides is 1. The Morgan fingerprint density at radius 3 is 2.19 bits per heavy atom. The molecule has 0 aliphatic heterocycles. The molecule has 0 aliphatic rings. The second-order valence-corrected chi connectivity index (χ2v) is 11.0. The lowest BCUT2D eigenvalue weighted by atomic mass is 10.1. The standard InChI is InChI=1S/C28H19F6N5O3S/c29-27(30,31)19-11-9-18(10-12-19)23-14-24(28(32,33)34)39-25(38-23)22(16-35-39)26(40)37-20-7-4-8-21(13-20)43(41,42)36-15-17-5-2-1-3-6-17/h1-14,16,36H,15H2,(H,37,40). The van der Waals surface area contributed by atoms with Crippen LogP contribution in [-0.4, -0.2) is 28.9 Å². The molecule has 222 valence electrons. The number of anilines is 1. The molecule has 0 radical (unpaired) electrons. The molecular weight excluding hydrogens is 600 g/mol. The highest BCUT2D eigenvalue weighted by Crippen LogP contribution is 2.34. The Bertz CT molecular complexity index is 1910. The molecule has 2 N–H and O–H groups in total. The van der Waals surface area contributed by atoms with Crippen LogP contribution < -0.4 is 10.0 Å². The number of hydrogen-bond donors (Lipinski definition) is 2. The minimum atomic E-state index is -4.96. The number of sulfonamides is 1. The summed E-state index contributed by atoms with van der Waals surface area (Å²) in [4.78, 5) is 17.1. The Morgan fingerprint density at radius 2 is 1.53 bits per heavy atom. The fraction of sp³-hybridized carbons (Fsp3) is 0.107. The van der Waals surface area contributed by atoms with E-state index in [1.807, 2.05) is 0 Å². The summed E-state index contributed by atoms with van der Waals surface area (Å²) in [6.45, 7) is 0.0105. The fourth-order valence-corrected chi connectivity index (χ4v) is 5.16. The van der Waals surface area contributed by atoms with Crippen molar-refractivity contribution in [1.29, 1.82) is 0 Å². The summed E-state index contributed by atoms with van der Waals surface area (Å²) in [6.07, 6.45) is -8.76. The van der Waals surface area contributed by atoms with Crippen molar-refractivity contribution in [2.45, 2.75) is 23.8 Å². The first-order valence-corrected chi connectivity index (χ1v) is 13.8. The number of alkyl halides is 6. The van der Waals surface area contributed by atoms with Crippen molar-refractivity contribution in [3.63, 3.8) is 0 Å². The van der Waals surface area contributed by atoms with E-state index in [0.717, 1.165) is 18.3 Å². The lowest BCUT2D eigenvalue weighted by molar-refractivity contribution is -0.142. The van der Waals surface area contributed by atoms with E-state index in [-0.39, 0.29) is 28.4 Å². The van der Waals surface area contributed by atoms with Crippen molar-refractivity contribution in [3.05, 3.63) is 114 Å². The van der Waals surface area contributed by atoms with Crippen molar-refractivity contribution >= 4 is 27.3 Å². The fourth-order valence-electron chi connectivity index (χ4n) is 4.10. The Balaban J connectivity index is 1.45. The van der Waals surface area contributed by atoms with Gasteiger partial charge in [0.25, 0.3) is 5.91 Å². The maximum absolute atomic E-state index is 13.9. The molecule has 0 saturated carbocycles. The third-order valence-corrected chi connectivity index (χ3v) is 7.63. The second-order valence-electron chi connectivity index (χ2n) is 9.19. The molecule has 5 aromatic rings. The zero-order valence-corrected chi connectivity index (χ0v) is 22.4. The van der Waals surface area contributed by atoms with Gasteiger partial charge in [-0.15, -0.1) is 0 Å². The number of nitrogens with one attached hydrogen (secondary N) is 2. The summed E-state index contributed by atoms with van der Waals surface area (Å²) in [6, 6.07) is 17.9. The zero-order valence-electron chi connectivity index (χ0n) is 21.6. The SMILES string of the molecule is O=C(Nc1cccc(S(=O)(=O)NCc2ccccc2)c1)c1cnn2c(C(F)(F)F)cc(-c3ccc(C(F)(F)F)cc3)nc12. The van der Waals surface area contributed by atoms with Crippen molar-refractivity contribution in [1.82, 2.24) is 19.3 Å². The summed E-state index contributed by atoms with van der Waals surface area (Å²) in [5, 5.41) is 6.09. The minimum Gasteiger partial charge on any atom is -0.322 e. The summed E-state index contributed by atoms with van der Waals surface area (Å²) in [7, 11) is -4.00. The van der Waals surface area contributed by atoms with Crippen LogP contribution in [0.5, 0.6) is 0 Å². The van der Waals surface area contributed by atoms with Gasteiger partial charge < -0.3 is 5.32 Å². The Kier molecular flexibility index (Phi) is 7.70. The van der Waals surface area contributed by atoms with E-state index in [0.29, 0.717) is 28.3 Å². The van der Waals surface area contributed by atoms with Gasteiger partial charge >= 0.3 is 12.4 Å². The maximum atomic E-state index is 13.9. The number of hydrogen-bond acceptors (Lipinski definition) is 5. The first kappa shape index (κ1) is 29.7. The number of fused-ring (bicyclic) bond motifs is 1. The molecule has 8 nitrogen and oxygen atoms in total. The van der Waals surface area contributed by atoms with Gasteiger partial charge in [-0.3, -0.25) is 4.79 Å². The van der Waals surface area contributed by atoms with Crippen LogP contribution in [0.2, 0.25) is 0 Å². The first-order chi connectivity index (χ1) is 20.2. The highest BCUT2D eigenvalue weighted by Gasteiger charge is 2.36. The molecule has 2 aromatic heterocycles. The van der Waals surface area contributed by atoms with Crippen molar-refractivity contribution in [3.8, 4) is 11.3 Å². The van der Waals surface area contributed by atoms with Crippen LogP contribution in [0.1, 0.15) is 27.2 Å². The topological polar surface area (TPSA) is 105 Å². The van der Waals surface area contributed by atoms with Gasteiger partial charge in [-0.25, -0.2) is 22.6 Å². The first-order valence-electron chi connectivity index (χ1n) is 12.3. The Hall–Kier alpha value is -4.76. The van der Waals surface area contributed by atoms with Crippen molar-refractivity contribution < 1.29 is 39.6 Å². The van der Waals surface area contributed by atoms with E-state index >= 15 is 0 Å². The summed E-state index contributed by atoms with van der Waals surface area (Å²) < 4.78 is 109. The normalized spacial score (nSPS) is 12.4. The number of rotatable bonds is 7. The van der Waals surface area contributed by atoms with E-state index in [1.54, 1.807) is 30.3 Å². The van der Waals surface area contributed by atoms with E-state index in [2.05, 4.69) is 20.1 Å². The molecule has 15 heteroatoms. The number of nitrogens with zero attached hydrogens (tertiary/aromatic N) is 3. The number of benzene rings is 3. The highest BCUT2D eigenvalue weighted by atomic mass is 32.2. The van der Waals surface area contributed by atoms with Gasteiger partial charge in [0.1, 0.15) is 5.56 Å². The van der Waals surface area contributed by atoms with Gasteiger partial charge in [-0.05, 0) is 42.0 Å². The van der Waals surface area contributed by atoms with Crippen LogP contribution >= 0.6 is 0 Å². The second kappa shape index (κ2) is 11.1. The predicted octanol–water partition coefficient (Wildman–Crippen LogP) is 6.16. The number of carbonyl (C=O) groups excluding carboxylic acids is 1. The van der Waals surface area contributed by atoms with E-state index in [4.69, 9.17) is 0 Å². The van der Waals surface area contributed by atoms with Crippen LogP contribution in [0.3, 0.4) is 0 Å². The largest absolute Gasteiger partial charge is 0.433 e. The van der Waals surface area contributed by atoms with Crippen LogP contribution in [0.4, 0.5) is 32.0 Å². The van der Waals surface area contributed by atoms with Gasteiger partial charge in [-0.1, -0.05) is 48.5 Å². The lowest BCUT2D eigenvalue weighted by Crippen LogP contribution is -2.23. The molecule has 0 aliphatic carbocycles. The molecular formula is C28H19F6N5O3S. The molecule has 43 heavy (non-hydrogen) atoms. The van der Waals surface area contributed by atoms with Gasteiger partial charge in [0.15, 0.2) is 11.3 Å². The lowest BCUT2D eigenvalue weighted by Gasteiger charge is -2.13. The smallest absolute Gasteiger partial charge is 0.322 e.